The van der Waals surface area contributed by atoms with Gasteiger partial charge in [0.15, 0.2) is 0 Å². The van der Waals surface area contributed by atoms with Gasteiger partial charge >= 0.3 is 5.97 Å². The molecule has 7 heteroatoms. The van der Waals surface area contributed by atoms with Crippen molar-refractivity contribution in [3.63, 3.8) is 0 Å². The minimum atomic E-state index is -0.692. The molecule has 0 heterocycles. The number of esters is 1. The van der Waals surface area contributed by atoms with Crippen molar-refractivity contribution < 1.29 is 24.2 Å². The number of aliphatic hydroxyl groups excluding tert-OH is 1. The molecule has 0 bridgehead atoms. The summed E-state index contributed by atoms with van der Waals surface area (Å²) in [5.74, 6) is -1.99. The van der Waals surface area contributed by atoms with Crippen LogP contribution in [-0.2, 0) is 25.5 Å². The Morgan fingerprint density at radius 2 is 1.63 bits per heavy atom. The van der Waals surface area contributed by atoms with Gasteiger partial charge in [0.2, 0.25) is 11.8 Å². The predicted molar refractivity (Wildman–Crippen MR) is 149 cm³/mol. The summed E-state index contributed by atoms with van der Waals surface area (Å²) in [6, 6.07) is 18.7. The summed E-state index contributed by atoms with van der Waals surface area (Å²) >= 11 is 0. The van der Waals surface area contributed by atoms with Gasteiger partial charge in [-0.1, -0.05) is 72.8 Å². The summed E-state index contributed by atoms with van der Waals surface area (Å²) in [5.41, 5.74) is 1.81. The van der Waals surface area contributed by atoms with E-state index >= 15 is 0 Å². The molecule has 2 amide bonds. The average Bonchev–Trinajstić information content (AvgIpc) is 2.93. The highest BCUT2D eigenvalue weighted by Crippen LogP contribution is 2.23. The number of benzene rings is 2. The number of carbonyl (C=O) groups is 3. The van der Waals surface area contributed by atoms with Gasteiger partial charge in [0.1, 0.15) is 6.10 Å². The first kappa shape index (κ1) is 30.5. The summed E-state index contributed by atoms with van der Waals surface area (Å²) < 4.78 is 5.99. The number of aliphatic hydroxyl groups is 1. The molecular formula is C31H40N2O5. The van der Waals surface area contributed by atoms with Crippen LogP contribution >= 0.6 is 0 Å². The van der Waals surface area contributed by atoms with Gasteiger partial charge in [-0.25, -0.2) is 0 Å². The van der Waals surface area contributed by atoms with Gasteiger partial charge in [0, 0.05) is 12.5 Å². The largest absolute Gasteiger partial charge is 0.455 e. The molecule has 4 unspecified atom stereocenters. The second-order valence-corrected chi connectivity index (χ2v) is 9.41. The Hall–Kier alpha value is -3.71. The zero-order chi connectivity index (χ0) is 27.8. The lowest BCUT2D eigenvalue weighted by Gasteiger charge is -2.24. The van der Waals surface area contributed by atoms with E-state index in [-0.39, 0.29) is 43.3 Å². The highest BCUT2D eigenvalue weighted by atomic mass is 16.5. The Bertz CT molecular complexity index is 1030. The van der Waals surface area contributed by atoms with E-state index < -0.39 is 18.1 Å². The van der Waals surface area contributed by atoms with Crippen LogP contribution in [0, 0.1) is 11.8 Å². The van der Waals surface area contributed by atoms with Gasteiger partial charge < -0.3 is 20.5 Å². The van der Waals surface area contributed by atoms with E-state index in [1.807, 2.05) is 60.7 Å². The van der Waals surface area contributed by atoms with E-state index in [9.17, 15) is 14.4 Å². The number of nitrogens with one attached hydrogen (secondary N) is 2. The van der Waals surface area contributed by atoms with Gasteiger partial charge in [-0.2, -0.15) is 0 Å². The third-order valence-electron chi connectivity index (χ3n) is 6.20. The zero-order valence-electron chi connectivity index (χ0n) is 22.2. The normalized spacial score (nSPS) is 13.8. The standard InChI is InChI=1S/C31H40N2O5/c1-4-6-16-27(19-24-14-9-7-10-15-24)31(37)38-28(25-17-11-8-12-18-25)21-32-30(36)26(13-5-2)20-29(35)33-23(3)22-34/h4-5,7-12,14-15,17-18,23,26-28,34H,1-2,6,13,16,19-22H2,3H3,(H,32,36)(H,33,35). The second-order valence-electron chi connectivity index (χ2n) is 9.41. The van der Waals surface area contributed by atoms with Gasteiger partial charge in [-0.3, -0.25) is 14.4 Å². The number of hydrogen-bond donors (Lipinski definition) is 3. The van der Waals surface area contributed by atoms with E-state index in [2.05, 4.69) is 23.8 Å². The van der Waals surface area contributed by atoms with Crippen LogP contribution < -0.4 is 10.6 Å². The van der Waals surface area contributed by atoms with Crippen LogP contribution in [0.3, 0.4) is 0 Å². The molecule has 2 rings (SSSR count). The Kier molecular flexibility index (Phi) is 13.6. The Morgan fingerprint density at radius 1 is 0.974 bits per heavy atom. The molecule has 3 N–H and O–H groups in total. The van der Waals surface area contributed by atoms with Crippen LogP contribution in [-0.4, -0.2) is 42.1 Å². The highest BCUT2D eigenvalue weighted by Gasteiger charge is 2.27. The molecule has 204 valence electrons. The monoisotopic (exact) mass is 520 g/mol. The zero-order valence-corrected chi connectivity index (χ0v) is 22.2. The number of ether oxygens (including phenoxy) is 1. The Morgan fingerprint density at radius 3 is 2.24 bits per heavy atom. The second kappa shape index (κ2) is 16.9. The van der Waals surface area contributed by atoms with Gasteiger partial charge in [-0.05, 0) is 43.7 Å². The first-order valence-corrected chi connectivity index (χ1v) is 13.1. The van der Waals surface area contributed by atoms with E-state index in [4.69, 9.17) is 9.84 Å². The van der Waals surface area contributed by atoms with Crippen molar-refractivity contribution in [3.8, 4) is 0 Å². The summed E-state index contributed by atoms with van der Waals surface area (Å²) in [6.45, 7) is 9.04. The van der Waals surface area contributed by atoms with Crippen LogP contribution in [0.1, 0.15) is 49.8 Å². The highest BCUT2D eigenvalue weighted by molar-refractivity contribution is 5.86. The fourth-order valence-electron chi connectivity index (χ4n) is 4.08. The van der Waals surface area contributed by atoms with Crippen LogP contribution in [0.25, 0.3) is 0 Å². The molecular weight excluding hydrogens is 480 g/mol. The Balaban J connectivity index is 2.12. The van der Waals surface area contributed by atoms with Gasteiger partial charge in [0.05, 0.1) is 25.0 Å². The maximum atomic E-state index is 13.3. The third-order valence-corrected chi connectivity index (χ3v) is 6.20. The number of rotatable bonds is 17. The minimum absolute atomic E-state index is 0.0430. The first-order chi connectivity index (χ1) is 18.4. The molecule has 0 radical (unpaired) electrons. The average molecular weight is 521 g/mol. The SMILES string of the molecule is C=CCCC(Cc1ccccc1)C(=O)OC(CNC(=O)C(CC=C)CC(=O)NC(C)CO)c1ccccc1. The number of hydrogen-bond acceptors (Lipinski definition) is 5. The van der Waals surface area contributed by atoms with E-state index in [0.717, 1.165) is 11.1 Å². The molecule has 0 aliphatic carbocycles. The molecule has 7 nitrogen and oxygen atoms in total. The summed E-state index contributed by atoms with van der Waals surface area (Å²) in [4.78, 5) is 38.7. The summed E-state index contributed by atoms with van der Waals surface area (Å²) in [7, 11) is 0. The fraction of sp³-hybridized carbons (Fsp3) is 0.387. The maximum absolute atomic E-state index is 13.3. The number of allylic oxidation sites excluding steroid dienone is 2. The topological polar surface area (TPSA) is 105 Å². The molecule has 0 aliphatic heterocycles. The maximum Gasteiger partial charge on any atom is 0.309 e. The Labute approximate surface area is 226 Å². The minimum Gasteiger partial charge on any atom is -0.455 e. The number of carbonyl (C=O) groups excluding carboxylic acids is 3. The predicted octanol–water partition coefficient (Wildman–Crippen LogP) is 4.29. The third kappa shape index (κ3) is 10.7. The molecule has 0 aromatic heterocycles. The van der Waals surface area contributed by atoms with Crippen molar-refractivity contribution >= 4 is 17.8 Å². The van der Waals surface area contributed by atoms with Crippen molar-refractivity contribution in [2.75, 3.05) is 13.2 Å². The van der Waals surface area contributed by atoms with Crippen LogP contribution in [0.2, 0.25) is 0 Å². The van der Waals surface area contributed by atoms with Crippen molar-refractivity contribution in [1.82, 2.24) is 10.6 Å². The molecule has 38 heavy (non-hydrogen) atoms. The van der Waals surface area contributed by atoms with E-state index in [0.29, 0.717) is 25.7 Å². The lowest BCUT2D eigenvalue weighted by atomic mass is 9.94. The molecule has 0 spiro atoms. The van der Waals surface area contributed by atoms with E-state index in [1.165, 1.54) is 0 Å². The lowest BCUT2D eigenvalue weighted by molar-refractivity contribution is -0.155. The lowest BCUT2D eigenvalue weighted by Crippen LogP contribution is -2.40. The van der Waals surface area contributed by atoms with Gasteiger partial charge in [-0.15, -0.1) is 13.2 Å². The molecule has 4 atom stereocenters. The van der Waals surface area contributed by atoms with E-state index in [1.54, 1.807) is 19.1 Å². The first-order valence-electron chi connectivity index (χ1n) is 13.1. The molecule has 0 fully saturated rings. The molecule has 0 saturated carbocycles. The van der Waals surface area contributed by atoms with Gasteiger partial charge in [0.25, 0.3) is 0 Å². The van der Waals surface area contributed by atoms with Crippen molar-refractivity contribution in [2.45, 2.75) is 51.2 Å². The fourth-order valence-corrected chi connectivity index (χ4v) is 4.08. The van der Waals surface area contributed by atoms with Crippen LogP contribution in [0.15, 0.2) is 86.0 Å². The molecule has 2 aromatic rings. The molecule has 2 aromatic carbocycles. The van der Waals surface area contributed by atoms with Crippen molar-refractivity contribution in [3.05, 3.63) is 97.1 Å². The van der Waals surface area contributed by atoms with Crippen molar-refractivity contribution in [2.24, 2.45) is 11.8 Å². The quantitative estimate of drug-likeness (QED) is 0.213. The molecule has 0 aliphatic rings. The van der Waals surface area contributed by atoms with Crippen LogP contribution in [0.4, 0.5) is 0 Å². The molecule has 0 saturated heterocycles. The van der Waals surface area contributed by atoms with Crippen LogP contribution in [0.5, 0.6) is 0 Å². The smallest absolute Gasteiger partial charge is 0.309 e. The number of amides is 2. The van der Waals surface area contributed by atoms with Crippen molar-refractivity contribution in [1.29, 1.82) is 0 Å². The summed E-state index contributed by atoms with van der Waals surface area (Å²) in [6.07, 6.45) is 4.79. The summed E-state index contributed by atoms with van der Waals surface area (Å²) in [5, 5.41) is 14.7.